The fourth-order valence-electron chi connectivity index (χ4n) is 4.32. The van der Waals surface area contributed by atoms with Gasteiger partial charge >= 0.3 is 35.5 Å². The summed E-state index contributed by atoms with van der Waals surface area (Å²) < 4.78 is 41.4. The summed E-state index contributed by atoms with van der Waals surface area (Å²) in [4.78, 5) is 10.7. The molecule has 1 aliphatic rings. The van der Waals surface area contributed by atoms with E-state index in [9.17, 15) is 22.7 Å². The van der Waals surface area contributed by atoms with Crippen molar-refractivity contribution < 1.29 is 27.8 Å². The molecule has 2 unspecified atom stereocenters. The Morgan fingerprint density at radius 2 is 1.75 bits per heavy atom. The molecule has 2 N–H and O–H groups in total. The molecule has 1 aliphatic heterocycles. The van der Waals surface area contributed by atoms with Crippen molar-refractivity contribution in [3.05, 3.63) is 59.9 Å². The second-order valence-electron chi connectivity index (χ2n) is 8.00. The molecule has 0 amide bonds. The Morgan fingerprint density at radius 3 is 2.41 bits per heavy atom. The summed E-state index contributed by atoms with van der Waals surface area (Å²) >= 11 is 0. The Labute approximate surface area is 210 Å². The van der Waals surface area contributed by atoms with Crippen LogP contribution in [0.5, 0.6) is 5.75 Å². The quantitative estimate of drug-likeness (QED) is 0.401. The first-order valence-electron chi connectivity index (χ1n) is 10.6. The summed E-state index contributed by atoms with van der Waals surface area (Å²) in [5.74, 6) is -1.13. The van der Waals surface area contributed by atoms with Gasteiger partial charge in [0.15, 0.2) is 0 Å². The van der Waals surface area contributed by atoms with E-state index < -0.39 is 27.9 Å². The van der Waals surface area contributed by atoms with Crippen molar-refractivity contribution in [2.75, 3.05) is 6.54 Å². The maximum atomic E-state index is 13.3. The van der Waals surface area contributed by atoms with Crippen LogP contribution >= 0.6 is 0 Å². The Kier molecular flexibility index (Phi) is 10.2. The standard InChI is InChI=1S/C23H28FNO5S.Na.H/c24-19-10-12-21(13-11-19)31(29,30)25-15-14-17(6-3-1-2-4-9-22(27)28)23(25)18-7-5-8-20(26)16-18;;/h5,7-8,10-13,16-17,23,26H,1-4,6,9,14-15H2,(H,27,28);;. The molecule has 0 radical (unpaired) electrons. The Bertz CT molecular complexity index is 1000. The zero-order chi connectivity index (χ0) is 22.4. The molecular weight excluding hydrogens is 444 g/mol. The number of aromatic hydroxyl groups is 1. The second-order valence-corrected chi connectivity index (χ2v) is 9.90. The maximum absolute atomic E-state index is 13.3. The molecule has 0 spiro atoms. The number of rotatable bonds is 10. The molecule has 170 valence electrons. The summed E-state index contributed by atoms with van der Waals surface area (Å²) in [5.41, 5.74) is 0.735. The number of phenols is 1. The van der Waals surface area contributed by atoms with E-state index in [0.29, 0.717) is 19.4 Å². The molecular formula is C23H29FNNaO5S. The van der Waals surface area contributed by atoms with Crippen LogP contribution in [0.2, 0.25) is 0 Å². The topological polar surface area (TPSA) is 94.9 Å². The molecule has 6 nitrogen and oxygen atoms in total. The molecule has 3 rings (SSSR count). The van der Waals surface area contributed by atoms with Crippen molar-refractivity contribution in [2.24, 2.45) is 5.92 Å². The number of benzene rings is 2. The first kappa shape index (κ1) is 26.8. The molecule has 2 aromatic carbocycles. The van der Waals surface area contributed by atoms with E-state index in [4.69, 9.17) is 5.11 Å². The molecule has 32 heavy (non-hydrogen) atoms. The Hall–Kier alpha value is -1.45. The van der Waals surface area contributed by atoms with Crippen LogP contribution in [-0.4, -0.2) is 65.0 Å². The number of halogens is 1. The molecule has 2 aromatic rings. The summed E-state index contributed by atoms with van der Waals surface area (Å²) in [6, 6.07) is 11.1. The fraction of sp³-hybridized carbons (Fsp3) is 0.435. The third kappa shape index (κ3) is 6.78. The number of aliphatic carboxylic acids is 1. The van der Waals surface area contributed by atoms with Crippen molar-refractivity contribution in [2.45, 2.75) is 55.9 Å². The van der Waals surface area contributed by atoms with Crippen LogP contribution in [0.1, 0.15) is 56.6 Å². The first-order chi connectivity index (χ1) is 14.8. The summed E-state index contributed by atoms with van der Waals surface area (Å²) in [6.07, 6.45) is 4.90. The van der Waals surface area contributed by atoms with Gasteiger partial charge in [-0.05, 0) is 67.1 Å². The first-order valence-corrected chi connectivity index (χ1v) is 12.0. The van der Waals surface area contributed by atoms with Crippen LogP contribution in [0.25, 0.3) is 0 Å². The number of nitrogens with zero attached hydrogens (tertiary/aromatic N) is 1. The molecule has 1 heterocycles. The summed E-state index contributed by atoms with van der Waals surface area (Å²) in [6.45, 7) is 0.351. The number of unbranched alkanes of at least 4 members (excludes halogenated alkanes) is 3. The fourth-order valence-corrected chi connectivity index (χ4v) is 6.01. The van der Waals surface area contributed by atoms with Crippen molar-refractivity contribution in [3.63, 3.8) is 0 Å². The monoisotopic (exact) mass is 473 g/mol. The number of carboxylic acids is 1. The van der Waals surface area contributed by atoms with Gasteiger partial charge < -0.3 is 10.2 Å². The third-order valence-corrected chi connectivity index (χ3v) is 7.72. The molecule has 9 heteroatoms. The van der Waals surface area contributed by atoms with Crippen molar-refractivity contribution in [3.8, 4) is 5.75 Å². The molecule has 1 saturated heterocycles. The van der Waals surface area contributed by atoms with E-state index in [1.165, 1.54) is 16.4 Å². The number of phenolic OH excluding ortho intramolecular Hbond substituents is 1. The average molecular weight is 474 g/mol. The molecule has 1 fully saturated rings. The van der Waals surface area contributed by atoms with Crippen molar-refractivity contribution in [1.29, 1.82) is 0 Å². The molecule has 0 bridgehead atoms. The zero-order valence-corrected chi connectivity index (χ0v) is 18.1. The van der Waals surface area contributed by atoms with E-state index in [1.54, 1.807) is 18.2 Å². The van der Waals surface area contributed by atoms with Gasteiger partial charge in [0.05, 0.1) is 10.9 Å². The Balaban J connectivity index is 0.00000363. The van der Waals surface area contributed by atoms with E-state index in [0.717, 1.165) is 43.4 Å². The zero-order valence-electron chi connectivity index (χ0n) is 17.3. The normalized spacial score (nSPS) is 18.9. The third-order valence-electron chi connectivity index (χ3n) is 5.82. The SMILES string of the molecule is O=C(O)CCCCCCC1CCN(S(=O)(=O)c2ccc(F)cc2)C1c1cccc(O)c1.[NaH]. The van der Waals surface area contributed by atoms with Crippen LogP contribution in [0.15, 0.2) is 53.4 Å². The minimum atomic E-state index is -3.83. The van der Waals surface area contributed by atoms with Crippen LogP contribution in [-0.2, 0) is 14.8 Å². The summed E-state index contributed by atoms with van der Waals surface area (Å²) in [5, 5.41) is 18.7. The van der Waals surface area contributed by atoms with Crippen molar-refractivity contribution >= 4 is 45.5 Å². The number of sulfonamides is 1. The van der Waals surface area contributed by atoms with Crippen LogP contribution < -0.4 is 0 Å². The molecule has 2 atom stereocenters. The summed E-state index contributed by atoms with van der Waals surface area (Å²) in [7, 11) is -3.83. The van der Waals surface area contributed by atoms with E-state index >= 15 is 0 Å². The minimum absolute atomic E-state index is 0. The number of carboxylic acid groups (broad SMARTS) is 1. The Morgan fingerprint density at radius 1 is 1.06 bits per heavy atom. The molecule has 0 aromatic heterocycles. The van der Waals surface area contributed by atoms with Gasteiger partial charge in [0.2, 0.25) is 10.0 Å². The van der Waals surface area contributed by atoms with Gasteiger partial charge in [0.25, 0.3) is 0 Å². The molecule has 0 aliphatic carbocycles. The van der Waals surface area contributed by atoms with Gasteiger partial charge in [0, 0.05) is 13.0 Å². The van der Waals surface area contributed by atoms with Crippen molar-refractivity contribution in [1.82, 2.24) is 4.31 Å². The number of hydrogen-bond acceptors (Lipinski definition) is 4. The van der Waals surface area contributed by atoms with Gasteiger partial charge in [-0.1, -0.05) is 31.4 Å². The van der Waals surface area contributed by atoms with E-state index in [1.807, 2.05) is 6.07 Å². The predicted octanol–water partition coefficient (Wildman–Crippen LogP) is 4.06. The number of carbonyl (C=O) groups is 1. The van der Waals surface area contributed by atoms with Gasteiger partial charge in [0.1, 0.15) is 11.6 Å². The van der Waals surface area contributed by atoms with Gasteiger partial charge in [-0.3, -0.25) is 4.79 Å². The molecule has 0 saturated carbocycles. The van der Waals surface area contributed by atoms with E-state index in [-0.39, 0.29) is 52.5 Å². The van der Waals surface area contributed by atoms with Gasteiger partial charge in [-0.15, -0.1) is 0 Å². The van der Waals surface area contributed by atoms with Gasteiger partial charge in [-0.2, -0.15) is 4.31 Å². The predicted molar refractivity (Wildman–Crippen MR) is 122 cm³/mol. The average Bonchev–Trinajstić information content (AvgIpc) is 3.15. The van der Waals surface area contributed by atoms with Gasteiger partial charge in [-0.25, -0.2) is 12.8 Å². The second kappa shape index (κ2) is 12.1. The van der Waals surface area contributed by atoms with E-state index in [2.05, 4.69) is 0 Å². The van der Waals surface area contributed by atoms with Crippen LogP contribution in [0.3, 0.4) is 0 Å². The van der Waals surface area contributed by atoms with Crippen LogP contribution in [0.4, 0.5) is 4.39 Å². The van der Waals surface area contributed by atoms with Crippen LogP contribution in [0, 0.1) is 11.7 Å². The number of hydrogen-bond donors (Lipinski definition) is 2.